The fourth-order valence-corrected chi connectivity index (χ4v) is 4.50. The predicted octanol–water partition coefficient (Wildman–Crippen LogP) is 1.70. The van der Waals surface area contributed by atoms with E-state index in [0.717, 1.165) is 18.4 Å². The van der Waals surface area contributed by atoms with Crippen LogP contribution >= 0.6 is 11.6 Å². The summed E-state index contributed by atoms with van der Waals surface area (Å²) in [6, 6.07) is 7.58. The highest BCUT2D eigenvalue weighted by Crippen LogP contribution is 2.41. The number of rotatable bonds is 5. The number of piperidine rings is 1. The van der Waals surface area contributed by atoms with Crippen molar-refractivity contribution in [2.75, 3.05) is 39.4 Å². The van der Waals surface area contributed by atoms with E-state index in [9.17, 15) is 9.59 Å². The lowest BCUT2D eigenvalue weighted by Gasteiger charge is -2.42. The van der Waals surface area contributed by atoms with Gasteiger partial charge in [0.05, 0.1) is 11.3 Å². The molecule has 1 aromatic carbocycles. The fourth-order valence-electron chi connectivity index (χ4n) is 4.19. The average molecular weight is 394 g/mol. The van der Waals surface area contributed by atoms with Crippen LogP contribution in [0.25, 0.3) is 0 Å². The predicted molar refractivity (Wildman–Crippen MR) is 105 cm³/mol. The molecular weight excluding hydrogens is 366 g/mol. The maximum absolute atomic E-state index is 13.7. The van der Waals surface area contributed by atoms with Gasteiger partial charge in [-0.05, 0) is 37.3 Å². The van der Waals surface area contributed by atoms with E-state index >= 15 is 0 Å². The van der Waals surface area contributed by atoms with Crippen molar-refractivity contribution in [3.05, 3.63) is 34.9 Å². The molecule has 27 heavy (non-hydrogen) atoms. The first kappa shape index (κ1) is 20.1. The third-order valence-electron chi connectivity index (χ3n) is 5.67. The number of ether oxygens (including phenoxy) is 1. The highest BCUT2D eigenvalue weighted by molar-refractivity contribution is 6.31. The molecule has 0 aliphatic carbocycles. The van der Waals surface area contributed by atoms with Crippen molar-refractivity contribution in [3.8, 4) is 0 Å². The van der Waals surface area contributed by atoms with Crippen LogP contribution in [0.1, 0.15) is 31.2 Å². The number of amides is 2. The second-order valence-electron chi connectivity index (χ2n) is 7.34. The van der Waals surface area contributed by atoms with Crippen LogP contribution in [-0.2, 0) is 19.7 Å². The summed E-state index contributed by atoms with van der Waals surface area (Å²) in [5.41, 5.74) is 5.67. The van der Waals surface area contributed by atoms with Gasteiger partial charge in [0.1, 0.15) is 0 Å². The topological polar surface area (TPSA) is 84.7 Å². The zero-order chi connectivity index (χ0) is 19.3. The van der Waals surface area contributed by atoms with Gasteiger partial charge in [0.25, 0.3) is 0 Å². The lowest BCUT2D eigenvalue weighted by atomic mass is 9.72. The quantitative estimate of drug-likeness (QED) is 0.797. The van der Waals surface area contributed by atoms with Crippen molar-refractivity contribution in [2.24, 2.45) is 11.7 Å². The molecule has 2 aliphatic heterocycles. The minimum atomic E-state index is -0.674. The molecule has 7 heteroatoms. The second kappa shape index (κ2) is 9.04. The van der Waals surface area contributed by atoms with Crippen LogP contribution in [0.4, 0.5) is 0 Å². The third-order valence-corrected chi connectivity index (χ3v) is 6.00. The van der Waals surface area contributed by atoms with Crippen molar-refractivity contribution in [1.82, 2.24) is 10.2 Å². The van der Waals surface area contributed by atoms with Crippen LogP contribution in [-0.4, -0.2) is 56.1 Å². The van der Waals surface area contributed by atoms with Gasteiger partial charge in [0, 0.05) is 44.4 Å². The molecular formula is C20H28ClN3O3. The number of benzene rings is 1. The van der Waals surface area contributed by atoms with Crippen LogP contribution in [0.5, 0.6) is 0 Å². The van der Waals surface area contributed by atoms with E-state index in [1.54, 1.807) is 0 Å². The molecule has 1 atom stereocenters. The Kier molecular flexibility index (Phi) is 6.73. The molecule has 0 saturated carbocycles. The molecule has 148 valence electrons. The molecule has 1 aromatic rings. The molecule has 0 spiro atoms. The van der Waals surface area contributed by atoms with Gasteiger partial charge in [0.15, 0.2) is 0 Å². The smallest absolute Gasteiger partial charge is 0.233 e. The van der Waals surface area contributed by atoms with Crippen molar-refractivity contribution in [1.29, 1.82) is 0 Å². The van der Waals surface area contributed by atoms with Gasteiger partial charge >= 0.3 is 0 Å². The van der Waals surface area contributed by atoms with Crippen LogP contribution in [0.2, 0.25) is 5.02 Å². The Morgan fingerprint density at radius 3 is 2.74 bits per heavy atom. The van der Waals surface area contributed by atoms with Crippen LogP contribution in [0, 0.1) is 5.92 Å². The number of hydrogen-bond acceptors (Lipinski definition) is 4. The summed E-state index contributed by atoms with van der Waals surface area (Å²) < 4.78 is 5.54. The first-order valence-electron chi connectivity index (χ1n) is 9.68. The molecule has 1 unspecified atom stereocenters. The van der Waals surface area contributed by atoms with Crippen molar-refractivity contribution in [2.45, 2.75) is 31.1 Å². The summed E-state index contributed by atoms with van der Waals surface area (Å²) in [5.74, 6) is -0.135. The highest BCUT2D eigenvalue weighted by atomic mass is 35.5. The summed E-state index contributed by atoms with van der Waals surface area (Å²) in [4.78, 5) is 27.9. The standard InChI is InChI=1S/C20H28ClN3O3/c21-17-6-2-1-5-16(17)20(7-12-27-13-8-20)19(26)24-11-3-4-15(14-24)18(25)23-10-9-22/h1-2,5-6,15H,3-4,7-14,22H2,(H,23,25). The molecule has 6 nitrogen and oxygen atoms in total. The van der Waals surface area contributed by atoms with Gasteiger partial charge in [-0.1, -0.05) is 29.8 Å². The molecule has 2 saturated heterocycles. The van der Waals surface area contributed by atoms with E-state index in [1.807, 2.05) is 29.2 Å². The van der Waals surface area contributed by atoms with Gasteiger partial charge in [-0.25, -0.2) is 0 Å². The zero-order valence-corrected chi connectivity index (χ0v) is 16.3. The van der Waals surface area contributed by atoms with Crippen LogP contribution < -0.4 is 11.1 Å². The average Bonchev–Trinajstić information content (AvgIpc) is 2.72. The van der Waals surface area contributed by atoms with E-state index in [4.69, 9.17) is 22.1 Å². The number of nitrogens with zero attached hydrogens (tertiary/aromatic N) is 1. The SMILES string of the molecule is NCCNC(=O)C1CCCN(C(=O)C2(c3ccccc3Cl)CCOCC2)C1. The van der Waals surface area contributed by atoms with E-state index in [0.29, 0.717) is 57.3 Å². The number of carbonyl (C=O) groups excluding carboxylic acids is 2. The van der Waals surface area contributed by atoms with Gasteiger partial charge in [0.2, 0.25) is 11.8 Å². The minimum Gasteiger partial charge on any atom is -0.381 e. The van der Waals surface area contributed by atoms with Crippen LogP contribution in [0.3, 0.4) is 0 Å². The lowest BCUT2D eigenvalue weighted by molar-refractivity contribution is -0.144. The van der Waals surface area contributed by atoms with Crippen molar-refractivity contribution < 1.29 is 14.3 Å². The van der Waals surface area contributed by atoms with E-state index < -0.39 is 5.41 Å². The van der Waals surface area contributed by atoms with Gasteiger partial charge in [-0.15, -0.1) is 0 Å². The van der Waals surface area contributed by atoms with E-state index in [2.05, 4.69) is 5.32 Å². The molecule has 2 heterocycles. The Bertz CT molecular complexity index is 676. The van der Waals surface area contributed by atoms with Crippen molar-refractivity contribution in [3.63, 3.8) is 0 Å². The Labute approximate surface area is 165 Å². The summed E-state index contributed by atoms with van der Waals surface area (Å²) in [5, 5.41) is 3.46. The normalized spacial score (nSPS) is 22.3. The summed E-state index contributed by atoms with van der Waals surface area (Å²) in [6.07, 6.45) is 2.83. The molecule has 3 N–H and O–H groups in total. The van der Waals surface area contributed by atoms with Gasteiger partial charge in [-0.2, -0.15) is 0 Å². The number of halogens is 1. The van der Waals surface area contributed by atoms with Gasteiger partial charge < -0.3 is 20.7 Å². The maximum atomic E-state index is 13.7. The first-order chi connectivity index (χ1) is 13.1. The monoisotopic (exact) mass is 393 g/mol. The third kappa shape index (κ3) is 4.28. The van der Waals surface area contributed by atoms with E-state index in [1.165, 1.54) is 0 Å². The zero-order valence-electron chi connectivity index (χ0n) is 15.6. The van der Waals surface area contributed by atoms with Crippen LogP contribution in [0.15, 0.2) is 24.3 Å². The Morgan fingerprint density at radius 1 is 1.30 bits per heavy atom. The molecule has 2 fully saturated rings. The van der Waals surface area contributed by atoms with E-state index in [-0.39, 0.29) is 17.7 Å². The molecule has 0 bridgehead atoms. The highest BCUT2D eigenvalue weighted by Gasteiger charge is 2.46. The largest absolute Gasteiger partial charge is 0.381 e. The second-order valence-corrected chi connectivity index (χ2v) is 7.75. The summed E-state index contributed by atoms with van der Waals surface area (Å²) in [6.45, 7) is 3.06. The number of nitrogens with two attached hydrogens (primary N) is 1. The number of likely N-dealkylation sites (tertiary alicyclic amines) is 1. The summed E-state index contributed by atoms with van der Waals surface area (Å²) in [7, 11) is 0. The molecule has 2 aliphatic rings. The minimum absolute atomic E-state index is 0.0169. The molecule has 0 aromatic heterocycles. The number of nitrogens with one attached hydrogen (secondary N) is 1. The van der Waals surface area contributed by atoms with Crippen molar-refractivity contribution >= 4 is 23.4 Å². The molecule has 2 amide bonds. The Morgan fingerprint density at radius 2 is 2.04 bits per heavy atom. The summed E-state index contributed by atoms with van der Waals surface area (Å²) >= 11 is 6.48. The lowest BCUT2D eigenvalue weighted by Crippen LogP contribution is -2.54. The molecule has 3 rings (SSSR count). The maximum Gasteiger partial charge on any atom is 0.233 e. The number of carbonyl (C=O) groups is 2. The fraction of sp³-hybridized carbons (Fsp3) is 0.600. The first-order valence-corrected chi connectivity index (χ1v) is 10.1. The number of hydrogen-bond donors (Lipinski definition) is 2. The van der Waals surface area contributed by atoms with Gasteiger partial charge in [-0.3, -0.25) is 9.59 Å². The Hall–Kier alpha value is -1.63. The molecule has 0 radical (unpaired) electrons. The Balaban J connectivity index is 1.82.